The quantitative estimate of drug-likeness (QED) is 0.720. The van der Waals surface area contributed by atoms with Crippen molar-refractivity contribution in [2.75, 3.05) is 13.2 Å². The Balaban J connectivity index is 1.70. The Kier molecular flexibility index (Phi) is 6.65. The van der Waals surface area contributed by atoms with Gasteiger partial charge in [0.25, 0.3) is 5.91 Å². The van der Waals surface area contributed by atoms with Crippen LogP contribution >= 0.6 is 0 Å². The van der Waals surface area contributed by atoms with Gasteiger partial charge in [0, 0.05) is 19.3 Å². The second-order valence-corrected chi connectivity index (χ2v) is 5.47. The zero-order valence-electron chi connectivity index (χ0n) is 14.4. The molecule has 9 heteroatoms. The maximum Gasteiger partial charge on any atom is 0.387 e. The second-order valence-electron chi connectivity index (χ2n) is 5.47. The number of ether oxygens (including phenoxy) is 2. The zero-order valence-corrected chi connectivity index (χ0v) is 14.4. The Morgan fingerprint density at radius 3 is 2.54 bits per heavy atom. The highest BCUT2D eigenvalue weighted by Gasteiger charge is 2.15. The van der Waals surface area contributed by atoms with Gasteiger partial charge in [0.05, 0.1) is 6.20 Å². The fourth-order valence-electron chi connectivity index (χ4n) is 2.14. The van der Waals surface area contributed by atoms with Crippen molar-refractivity contribution in [1.29, 1.82) is 0 Å². The number of nitrogens with one attached hydrogen (secondary N) is 1. The summed E-state index contributed by atoms with van der Waals surface area (Å²) >= 11 is 0. The van der Waals surface area contributed by atoms with Gasteiger partial charge in [-0.3, -0.25) is 9.48 Å². The SMILES string of the molecule is Cc1c(C(=O)OCC(=O)NCCc2ccc(OC(F)F)cc2)cnn1C. The third kappa shape index (κ3) is 5.54. The lowest BCUT2D eigenvalue weighted by Gasteiger charge is -2.08. The predicted molar refractivity (Wildman–Crippen MR) is 88.0 cm³/mol. The summed E-state index contributed by atoms with van der Waals surface area (Å²) in [6, 6.07) is 6.13. The second kappa shape index (κ2) is 8.93. The molecule has 0 saturated heterocycles. The molecule has 140 valence electrons. The summed E-state index contributed by atoms with van der Waals surface area (Å²) in [6.45, 7) is -1.22. The lowest BCUT2D eigenvalue weighted by molar-refractivity contribution is -0.124. The molecule has 0 atom stereocenters. The number of carbonyl (C=O) groups excluding carboxylic acids is 2. The molecule has 1 N–H and O–H groups in total. The molecule has 0 bridgehead atoms. The predicted octanol–water partition coefficient (Wildman–Crippen LogP) is 1.85. The molecule has 0 radical (unpaired) electrons. The number of rotatable bonds is 8. The lowest BCUT2D eigenvalue weighted by atomic mass is 10.1. The van der Waals surface area contributed by atoms with Crippen LogP contribution in [0.1, 0.15) is 21.6 Å². The van der Waals surface area contributed by atoms with Crippen molar-refractivity contribution in [3.8, 4) is 5.75 Å². The van der Waals surface area contributed by atoms with Gasteiger partial charge in [-0.1, -0.05) is 12.1 Å². The van der Waals surface area contributed by atoms with E-state index in [-0.39, 0.29) is 5.75 Å². The van der Waals surface area contributed by atoms with Crippen molar-refractivity contribution < 1.29 is 27.8 Å². The number of hydrogen-bond acceptors (Lipinski definition) is 5. The van der Waals surface area contributed by atoms with E-state index in [9.17, 15) is 18.4 Å². The first-order chi connectivity index (χ1) is 12.4. The van der Waals surface area contributed by atoms with Gasteiger partial charge >= 0.3 is 12.6 Å². The number of benzene rings is 1. The van der Waals surface area contributed by atoms with E-state index in [1.54, 1.807) is 26.1 Å². The molecule has 2 rings (SSSR count). The monoisotopic (exact) mass is 367 g/mol. The number of amides is 1. The first kappa shape index (κ1) is 19.4. The Labute approximate surface area is 148 Å². The minimum Gasteiger partial charge on any atom is -0.452 e. The fourth-order valence-corrected chi connectivity index (χ4v) is 2.14. The highest BCUT2D eigenvalue weighted by molar-refractivity contribution is 5.92. The number of carbonyl (C=O) groups is 2. The number of aromatic nitrogens is 2. The van der Waals surface area contributed by atoms with Gasteiger partial charge < -0.3 is 14.8 Å². The number of esters is 1. The van der Waals surface area contributed by atoms with Crippen LogP contribution in [0.3, 0.4) is 0 Å². The van der Waals surface area contributed by atoms with Gasteiger partial charge in [-0.2, -0.15) is 13.9 Å². The van der Waals surface area contributed by atoms with Crippen LogP contribution in [0.15, 0.2) is 30.5 Å². The first-order valence-corrected chi connectivity index (χ1v) is 7.83. The van der Waals surface area contributed by atoms with E-state index in [1.165, 1.54) is 23.0 Å². The summed E-state index contributed by atoms with van der Waals surface area (Å²) in [5, 5.41) is 6.55. The van der Waals surface area contributed by atoms with Crippen LogP contribution in [0.25, 0.3) is 0 Å². The van der Waals surface area contributed by atoms with E-state index in [2.05, 4.69) is 15.2 Å². The van der Waals surface area contributed by atoms with Gasteiger partial charge in [0.2, 0.25) is 0 Å². The Hall–Kier alpha value is -2.97. The van der Waals surface area contributed by atoms with Crippen LogP contribution in [-0.2, 0) is 23.0 Å². The number of nitrogens with zero attached hydrogens (tertiary/aromatic N) is 2. The van der Waals surface area contributed by atoms with Crippen molar-refractivity contribution in [1.82, 2.24) is 15.1 Å². The van der Waals surface area contributed by atoms with Crippen LogP contribution in [0, 0.1) is 6.92 Å². The third-order valence-electron chi connectivity index (χ3n) is 3.67. The van der Waals surface area contributed by atoms with Crippen molar-refractivity contribution >= 4 is 11.9 Å². The summed E-state index contributed by atoms with van der Waals surface area (Å²) < 4.78 is 34.9. The standard InChI is InChI=1S/C17H19F2N3O4/c1-11-14(9-21-22(11)2)16(24)25-10-15(23)20-8-7-12-3-5-13(6-4-12)26-17(18)19/h3-6,9,17H,7-8,10H2,1-2H3,(H,20,23). The Morgan fingerprint density at radius 1 is 1.27 bits per heavy atom. The molecule has 0 spiro atoms. The van der Waals surface area contributed by atoms with Crippen molar-refractivity contribution in [2.24, 2.45) is 7.05 Å². The average molecular weight is 367 g/mol. The van der Waals surface area contributed by atoms with E-state index in [0.717, 1.165) is 5.56 Å². The van der Waals surface area contributed by atoms with Gasteiger partial charge in [0.1, 0.15) is 11.3 Å². The summed E-state index contributed by atoms with van der Waals surface area (Å²) in [6.07, 6.45) is 1.88. The Morgan fingerprint density at radius 2 is 1.96 bits per heavy atom. The molecule has 0 aliphatic heterocycles. The third-order valence-corrected chi connectivity index (χ3v) is 3.67. The molecule has 26 heavy (non-hydrogen) atoms. The average Bonchev–Trinajstić information content (AvgIpc) is 2.93. The molecule has 0 aliphatic carbocycles. The molecule has 1 aromatic heterocycles. The van der Waals surface area contributed by atoms with Crippen LogP contribution < -0.4 is 10.1 Å². The number of hydrogen-bond donors (Lipinski definition) is 1. The minimum atomic E-state index is -2.86. The highest BCUT2D eigenvalue weighted by atomic mass is 19.3. The Bertz CT molecular complexity index is 760. The molecular weight excluding hydrogens is 348 g/mol. The zero-order chi connectivity index (χ0) is 19.1. The molecule has 1 amide bonds. The maximum absolute atomic E-state index is 12.1. The maximum atomic E-state index is 12.1. The summed E-state index contributed by atoms with van der Waals surface area (Å²) in [4.78, 5) is 23.6. The van der Waals surface area contributed by atoms with Crippen molar-refractivity contribution in [3.05, 3.63) is 47.3 Å². The largest absolute Gasteiger partial charge is 0.452 e. The number of aryl methyl sites for hydroxylation is 1. The van der Waals surface area contributed by atoms with Crippen LogP contribution in [-0.4, -0.2) is 41.4 Å². The topological polar surface area (TPSA) is 82.5 Å². The molecule has 0 aliphatic rings. The number of alkyl halides is 2. The highest BCUT2D eigenvalue weighted by Crippen LogP contribution is 2.15. The molecule has 0 fully saturated rings. The first-order valence-electron chi connectivity index (χ1n) is 7.83. The summed E-state index contributed by atoms with van der Waals surface area (Å²) in [5.41, 5.74) is 1.80. The molecule has 1 heterocycles. The van der Waals surface area contributed by atoms with Gasteiger partial charge in [0.15, 0.2) is 6.61 Å². The van der Waals surface area contributed by atoms with Gasteiger partial charge in [-0.25, -0.2) is 4.79 Å². The number of halogens is 2. The van der Waals surface area contributed by atoms with Crippen molar-refractivity contribution in [2.45, 2.75) is 20.0 Å². The van der Waals surface area contributed by atoms with Crippen molar-refractivity contribution in [3.63, 3.8) is 0 Å². The van der Waals surface area contributed by atoms with Crippen LogP contribution in [0.5, 0.6) is 5.75 Å². The summed E-state index contributed by atoms with van der Waals surface area (Å²) in [7, 11) is 1.70. The molecular formula is C17H19F2N3O4. The van der Waals surface area contributed by atoms with Crippen LogP contribution in [0.2, 0.25) is 0 Å². The van der Waals surface area contributed by atoms with E-state index < -0.39 is 25.1 Å². The van der Waals surface area contributed by atoms with E-state index in [0.29, 0.717) is 24.2 Å². The molecule has 0 unspecified atom stereocenters. The smallest absolute Gasteiger partial charge is 0.387 e. The van der Waals surface area contributed by atoms with Crippen LogP contribution in [0.4, 0.5) is 8.78 Å². The van der Waals surface area contributed by atoms with Gasteiger partial charge in [-0.15, -0.1) is 0 Å². The lowest BCUT2D eigenvalue weighted by Crippen LogP contribution is -2.30. The summed E-state index contributed by atoms with van der Waals surface area (Å²) in [5.74, 6) is -0.969. The molecule has 1 aromatic carbocycles. The van der Waals surface area contributed by atoms with E-state index >= 15 is 0 Å². The van der Waals surface area contributed by atoms with E-state index in [1.807, 2.05) is 0 Å². The van der Waals surface area contributed by atoms with E-state index in [4.69, 9.17) is 4.74 Å². The fraction of sp³-hybridized carbons (Fsp3) is 0.353. The molecule has 2 aromatic rings. The van der Waals surface area contributed by atoms with Gasteiger partial charge in [-0.05, 0) is 31.0 Å². The molecule has 0 saturated carbocycles. The minimum absolute atomic E-state index is 0.0744. The normalized spacial score (nSPS) is 10.7. The molecule has 7 nitrogen and oxygen atoms in total.